The van der Waals surface area contributed by atoms with Gasteiger partial charge in [-0.25, -0.2) is 8.42 Å². The van der Waals surface area contributed by atoms with Crippen LogP contribution in [0.2, 0.25) is 0 Å². The van der Waals surface area contributed by atoms with Crippen molar-refractivity contribution in [2.75, 3.05) is 13.1 Å². The molecule has 0 amide bonds. The van der Waals surface area contributed by atoms with Crippen LogP contribution in [0.1, 0.15) is 13.8 Å². The molecule has 4 nitrogen and oxygen atoms in total. The zero-order valence-corrected chi connectivity index (χ0v) is 14.7. The molecule has 2 heterocycles. The fourth-order valence-corrected chi connectivity index (χ4v) is 7.07. The molecule has 18 heavy (non-hydrogen) atoms. The number of aliphatic hydroxyl groups is 1. The molecule has 1 aromatic heterocycles. The zero-order valence-electron chi connectivity index (χ0n) is 9.85. The Balaban J connectivity index is 2.23. The number of sulfonamides is 1. The molecule has 1 aliphatic rings. The summed E-state index contributed by atoms with van der Waals surface area (Å²) in [4.78, 5) is 0.255. The van der Waals surface area contributed by atoms with E-state index in [1.165, 1.54) is 15.6 Å². The van der Waals surface area contributed by atoms with Crippen molar-refractivity contribution < 1.29 is 13.5 Å². The van der Waals surface area contributed by atoms with Crippen LogP contribution in [0.4, 0.5) is 0 Å². The smallest absolute Gasteiger partial charge is 0.245 e. The highest BCUT2D eigenvalue weighted by atomic mass is 79.9. The third kappa shape index (κ3) is 2.43. The van der Waals surface area contributed by atoms with Gasteiger partial charge in [-0.05, 0) is 43.8 Å². The zero-order chi connectivity index (χ0) is 13.7. The normalized spacial score (nSPS) is 20.1. The molecule has 0 aliphatic carbocycles. The van der Waals surface area contributed by atoms with Crippen LogP contribution in [0.15, 0.2) is 18.5 Å². The van der Waals surface area contributed by atoms with E-state index in [0.717, 1.165) is 3.79 Å². The average molecular weight is 419 g/mol. The first kappa shape index (κ1) is 14.9. The van der Waals surface area contributed by atoms with Gasteiger partial charge in [0.25, 0.3) is 0 Å². The Bertz CT molecular complexity index is 562. The quantitative estimate of drug-likeness (QED) is 0.820. The van der Waals surface area contributed by atoms with Gasteiger partial charge in [-0.2, -0.15) is 4.31 Å². The minimum absolute atomic E-state index is 0.0431. The Morgan fingerprint density at radius 1 is 1.44 bits per heavy atom. The van der Waals surface area contributed by atoms with E-state index in [2.05, 4.69) is 31.9 Å². The lowest BCUT2D eigenvalue weighted by Crippen LogP contribution is -2.65. The van der Waals surface area contributed by atoms with Gasteiger partial charge in [0.05, 0.1) is 13.2 Å². The molecule has 1 saturated heterocycles. The summed E-state index contributed by atoms with van der Waals surface area (Å²) in [7, 11) is -3.51. The molecule has 2 rings (SSSR count). The number of hydrogen-bond donors (Lipinski definition) is 1. The second-order valence-corrected chi connectivity index (χ2v) is 10.4. The third-order valence-electron chi connectivity index (χ3n) is 3.22. The summed E-state index contributed by atoms with van der Waals surface area (Å²) in [5, 5.41) is 10.1. The van der Waals surface area contributed by atoms with Crippen molar-refractivity contribution in [3.05, 3.63) is 13.6 Å². The van der Waals surface area contributed by atoms with Crippen LogP contribution in [-0.4, -0.2) is 36.5 Å². The van der Waals surface area contributed by atoms with Gasteiger partial charge in [-0.3, -0.25) is 0 Å². The number of nitrogens with zero attached hydrogens (tertiary/aromatic N) is 1. The number of thiophene rings is 1. The SMILES string of the molecule is CC(C)C1(O)CN(S(=O)(=O)c2cc(Br)sc2Br)C1. The Hall–Kier alpha value is 0.530. The number of rotatable bonds is 3. The van der Waals surface area contributed by atoms with Crippen molar-refractivity contribution in [3.8, 4) is 0 Å². The van der Waals surface area contributed by atoms with Crippen LogP contribution in [0.5, 0.6) is 0 Å². The summed E-state index contributed by atoms with van der Waals surface area (Å²) in [6.45, 7) is 4.10. The molecule has 0 spiro atoms. The molecule has 1 fully saturated rings. The second kappa shape index (κ2) is 4.82. The molecular formula is C10H13Br2NO3S2. The van der Waals surface area contributed by atoms with Crippen molar-refractivity contribution in [1.29, 1.82) is 0 Å². The maximum Gasteiger partial charge on any atom is 0.245 e. The molecule has 102 valence electrons. The van der Waals surface area contributed by atoms with Crippen LogP contribution in [0, 0.1) is 5.92 Å². The van der Waals surface area contributed by atoms with Crippen LogP contribution in [-0.2, 0) is 10.0 Å². The molecule has 0 saturated carbocycles. The van der Waals surface area contributed by atoms with E-state index in [-0.39, 0.29) is 23.9 Å². The maximum absolute atomic E-state index is 12.3. The predicted octanol–water partition coefficient (Wildman–Crippen LogP) is 2.66. The van der Waals surface area contributed by atoms with Crippen LogP contribution in [0.25, 0.3) is 0 Å². The topological polar surface area (TPSA) is 57.6 Å². The highest BCUT2D eigenvalue weighted by molar-refractivity contribution is 9.12. The fraction of sp³-hybridized carbons (Fsp3) is 0.600. The second-order valence-electron chi connectivity index (χ2n) is 4.72. The number of β-amino-alcohol motifs (C(OH)–C–C–N with tert-alkyl or cyclic N) is 1. The molecule has 0 bridgehead atoms. The van der Waals surface area contributed by atoms with Crippen molar-refractivity contribution in [2.45, 2.75) is 24.3 Å². The molecular weight excluding hydrogens is 406 g/mol. The average Bonchev–Trinajstić information content (AvgIpc) is 2.53. The molecule has 0 unspecified atom stereocenters. The fourth-order valence-electron chi connectivity index (χ4n) is 1.74. The molecule has 0 atom stereocenters. The van der Waals surface area contributed by atoms with Gasteiger partial charge >= 0.3 is 0 Å². The highest BCUT2D eigenvalue weighted by Crippen LogP contribution is 2.39. The van der Waals surface area contributed by atoms with Gasteiger partial charge in [0.2, 0.25) is 10.0 Å². The van der Waals surface area contributed by atoms with Crippen LogP contribution < -0.4 is 0 Å². The summed E-state index contributed by atoms with van der Waals surface area (Å²) in [5.41, 5.74) is -0.896. The highest BCUT2D eigenvalue weighted by Gasteiger charge is 2.49. The monoisotopic (exact) mass is 417 g/mol. The summed E-state index contributed by atoms with van der Waals surface area (Å²) in [5.74, 6) is 0.0431. The Morgan fingerprint density at radius 2 is 2.00 bits per heavy atom. The summed E-state index contributed by atoms with van der Waals surface area (Å²) in [6.07, 6.45) is 0. The van der Waals surface area contributed by atoms with Gasteiger partial charge in [-0.15, -0.1) is 11.3 Å². The lowest BCUT2D eigenvalue weighted by molar-refractivity contribution is -0.0932. The van der Waals surface area contributed by atoms with Gasteiger partial charge in [0, 0.05) is 13.1 Å². The van der Waals surface area contributed by atoms with Crippen molar-refractivity contribution in [2.24, 2.45) is 5.92 Å². The van der Waals surface area contributed by atoms with Crippen LogP contribution in [0.3, 0.4) is 0 Å². The lowest BCUT2D eigenvalue weighted by Gasteiger charge is -2.47. The number of halogens is 2. The van der Waals surface area contributed by atoms with E-state index in [1.54, 1.807) is 6.07 Å². The minimum Gasteiger partial charge on any atom is -0.387 e. The van der Waals surface area contributed by atoms with E-state index >= 15 is 0 Å². The lowest BCUT2D eigenvalue weighted by atomic mass is 9.85. The molecule has 0 aromatic carbocycles. The summed E-state index contributed by atoms with van der Waals surface area (Å²) in [6, 6.07) is 1.58. The first-order valence-electron chi connectivity index (χ1n) is 5.34. The van der Waals surface area contributed by atoms with E-state index < -0.39 is 15.6 Å². The van der Waals surface area contributed by atoms with Crippen molar-refractivity contribution >= 4 is 53.2 Å². The Kier molecular flexibility index (Phi) is 4.00. The van der Waals surface area contributed by atoms with Gasteiger partial charge in [-0.1, -0.05) is 13.8 Å². The molecule has 8 heteroatoms. The number of hydrogen-bond acceptors (Lipinski definition) is 4. The van der Waals surface area contributed by atoms with E-state index in [4.69, 9.17) is 0 Å². The van der Waals surface area contributed by atoms with Gasteiger partial charge < -0.3 is 5.11 Å². The maximum atomic E-state index is 12.3. The minimum atomic E-state index is -3.51. The Morgan fingerprint density at radius 3 is 2.39 bits per heavy atom. The van der Waals surface area contributed by atoms with Gasteiger partial charge in [0.1, 0.15) is 4.90 Å². The first-order chi connectivity index (χ1) is 8.17. The molecule has 1 aromatic rings. The molecule has 1 aliphatic heterocycles. The van der Waals surface area contributed by atoms with Gasteiger partial charge in [0.15, 0.2) is 0 Å². The molecule has 1 N–H and O–H groups in total. The first-order valence-corrected chi connectivity index (χ1v) is 9.18. The standard InChI is InChI=1S/C10H13Br2NO3S2/c1-6(2)10(14)4-13(5-10)18(15,16)7-3-8(11)17-9(7)12/h3,6,14H,4-5H2,1-2H3. The van der Waals surface area contributed by atoms with Crippen molar-refractivity contribution in [1.82, 2.24) is 4.31 Å². The largest absolute Gasteiger partial charge is 0.387 e. The van der Waals surface area contributed by atoms with E-state index in [9.17, 15) is 13.5 Å². The van der Waals surface area contributed by atoms with E-state index in [1.807, 2.05) is 13.8 Å². The van der Waals surface area contributed by atoms with Crippen LogP contribution >= 0.6 is 43.2 Å². The van der Waals surface area contributed by atoms with E-state index in [0.29, 0.717) is 3.79 Å². The summed E-state index contributed by atoms with van der Waals surface area (Å²) >= 11 is 7.84. The van der Waals surface area contributed by atoms with Crippen molar-refractivity contribution in [3.63, 3.8) is 0 Å². The summed E-state index contributed by atoms with van der Waals surface area (Å²) < 4.78 is 27.3. The third-order valence-corrected chi connectivity index (χ3v) is 7.77. The Labute approximate surface area is 127 Å². The predicted molar refractivity (Wildman–Crippen MR) is 78.3 cm³/mol. The molecule has 0 radical (unpaired) electrons.